The third-order valence-electron chi connectivity index (χ3n) is 0. The topological polar surface area (TPSA) is 106 Å². The van der Waals surface area contributed by atoms with Gasteiger partial charge >= 0.3 is 124 Å². The molecule has 10 heavy (non-hydrogen) atoms. The van der Waals surface area contributed by atoms with E-state index in [0.717, 1.165) is 0 Å². The molecule has 5 nitrogen and oxygen atoms in total. The van der Waals surface area contributed by atoms with Gasteiger partial charge in [0.15, 0.2) is 17.4 Å². The van der Waals surface area contributed by atoms with Crippen LogP contribution in [0.25, 0.3) is 0 Å². The third-order valence-corrected chi connectivity index (χ3v) is 0. The van der Waals surface area contributed by atoms with Crippen molar-refractivity contribution in [2.75, 3.05) is 0 Å². The molecule has 4 N–H and O–H groups in total. The van der Waals surface area contributed by atoms with Crippen molar-refractivity contribution in [2.45, 2.75) is 0 Å². The molecular weight excluding hydrogens is 259 g/mol. The van der Waals surface area contributed by atoms with Crippen molar-refractivity contribution < 1.29 is 31.6 Å². The Bertz CT molecular complexity index is 115. The van der Waals surface area contributed by atoms with Gasteiger partial charge in [-0.2, -0.15) is 8.42 Å². The molecule has 0 aliphatic carbocycles. The second-order valence-electron chi connectivity index (χ2n) is 0.448. The van der Waals surface area contributed by atoms with Gasteiger partial charge in [0.05, 0.1) is 0 Å². The molecule has 0 fully saturated rings. The van der Waals surface area contributed by atoms with Crippen molar-refractivity contribution >= 4 is 141 Å². The van der Waals surface area contributed by atoms with Crippen LogP contribution < -0.4 is 0 Å². The maximum Gasteiger partial charge on any atom is 2.00 e. The zero-order valence-electron chi connectivity index (χ0n) is 10.7. The van der Waals surface area contributed by atoms with E-state index in [9.17, 15) is 0 Å². The minimum atomic E-state index is -4.67. The van der Waals surface area contributed by atoms with Gasteiger partial charge < -0.3 is 14.0 Å². The van der Waals surface area contributed by atoms with Gasteiger partial charge in [-0.15, -0.1) is 0 Å². The molecule has 0 bridgehead atoms. The molecule has 0 aliphatic heterocycles. The van der Waals surface area contributed by atoms with Gasteiger partial charge in [-0.3, -0.25) is 9.11 Å². The first-order valence-corrected chi connectivity index (χ1v) is 2.10. The summed E-state index contributed by atoms with van der Waals surface area (Å²) in [6.07, 6.45) is 0. The number of hydrogen-bond donors (Lipinski definition) is 2. The molecule has 0 heterocycles. The Balaban J connectivity index is -0.00000000145. The summed E-state index contributed by atoms with van der Waals surface area (Å²) >= 11 is 0. The summed E-state index contributed by atoms with van der Waals surface area (Å²) in [4.78, 5) is 0. The second-order valence-corrected chi connectivity index (χ2v) is 1.34. The third kappa shape index (κ3) is 87.9. The molecule has 0 amide bonds. The Morgan fingerprint density at radius 1 is 1.00 bits per heavy atom. The van der Waals surface area contributed by atoms with E-state index in [1.165, 1.54) is 0 Å². The van der Waals surface area contributed by atoms with E-state index >= 15 is 0 Å². The Morgan fingerprint density at radius 3 is 1.00 bits per heavy atom. The van der Waals surface area contributed by atoms with E-state index in [4.69, 9.17) is 17.5 Å². The first kappa shape index (κ1) is 36.8. The largest absolute Gasteiger partial charge is 2.00 e. The van der Waals surface area contributed by atoms with E-state index in [-0.39, 0.29) is 145 Å². The van der Waals surface area contributed by atoms with Crippen molar-refractivity contribution in [1.82, 2.24) is 0 Å². The van der Waals surface area contributed by atoms with Crippen molar-refractivity contribution in [3.05, 3.63) is 0 Å². The summed E-state index contributed by atoms with van der Waals surface area (Å²) in [5.41, 5.74) is 0. The molecule has 58 valence electrons. The zero-order valence-corrected chi connectivity index (χ0v) is 12.2. The van der Waals surface area contributed by atoms with Crippen LogP contribution in [0.2, 0.25) is 0 Å². The van der Waals surface area contributed by atoms with Crippen LogP contribution in [0, 0.1) is 0 Å². The van der Waals surface area contributed by atoms with Gasteiger partial charge in [0.25, 0.3) is 0 Å². The zero-order chi connectivity index (χ0) is 4.50. The Hall–Kier alpha value is 4.14. The summed E-state index contributed by atoms with van der Waals surface area (Å²) in [7, 11) is -4.67. The summed E-state index contributed by atoms with van der Waals surface area (Å²) in [6.45, 7) is 0. The summed E-state index contributed by atoms with van der Waals surface area (Å²) < 4.78 is 31.6. The first-order chi connectivity index (χ1) is 2.00. The van der Waals surface area contributed by atoms with Crippen molar-refractivity contribution in [3.8, 4) is 0 Å². The normalized spacial score (nSPS) is 5.80. The van der Waals surface area contributed by atoms with Crippen molar-refractivity contribution in [2.24, 2.45) is 0 Å². The van der Waals surface area contributed by atoms with Gasteiger partial charge in [0.1, 0.15) is 0 Å². The van der Waals surface area contributed by atoms with Crippen LogP contribution >= 0.6 is 0 Å². The minimum Gasteiger partial charge on any atom is -1.00 e. The Labute approximate surface area is 169 Å². The van der Waals surface area contributed by atoms with Gasteiger partial charge in [-0.1, -0.05) is 0 Å². The Kier molecular flexibility index (Phi) is 69.4. The molecule has 0 saturated heterocycles. The molecule has 0 saturated carbocycles. The molecule has 0 spiro atoms. The van der Waals surface area contributed by atoms with Crippen LogP contribution in [-0.4, -0.2) is 154 Å². The Morgan fingerprint density at radius 2 is 1.00 bits per heavy atom. The van der Waals surface area contributed by atoms with Crippen LogP contribution in [0.4, 0.5) is 0 Å². The minimum absolute atomic E-state index is 0. The van der Waals surface area contributed by atoms with E-state index in [2.05, 4.69) is 0 Å². The second kappa shape index (κ2) is 18.8. The van der Waals surface area contributed by atoms with Crippen LogP contribution in [0.3, 0.4) is 0 Å². The molecule has 0 aromatic rings. The summed E-state index contributed by atoms with van der Waals surface area (Å²) in [5, 5.41) is 0. The quantitative estimate of drug-likeness (QED) is 0.359. The maximum atomic E-state index is 8.74. The fourth-order valence-corrected chi connectivity index (χ4v) is 0. The van der Waals surface area contributed by atoms with Gasteiger partial charge in [0.2, 0.25) is 0 Å². The van der Waals surface area contributed by atoms with Gasteiger partial charge in [-0.25, -0.2) is 0 Å². The average molecular weight is 272 g/mol. The van der Waals surface area contributed by atoms with Crippen LogP contribution in [-0.2, 0) is 10.4 Å². The predicted octanol–water partition coefficient (Wildman–Crippen LogP) is -3.13. The fourth-order valence-electron chi connectivity index (χ4n) is 0. The number of rotatable bonds is 0. The van der Waals surface area contributed by atoms with E-state index in [1.807, 2.05) is 0 Å². The van der Waals surface area contributed by atoms with E-state index in [0.29, 0.717) is 0 Å². The van der Waals surface area contributed by atoms with Crippen LogP contribution in [0.1, 0.15) is 8.56 Å². The maximum absolute atomic E-state index is 8.74. The SMILES string of the molecule is O.O=S(=O)(O)O.[AlH3].[Ca+2].[Ca+2].[Ca+2].[H-].[H-].[H-].[H-].[H-].[H-]. The monoisotopic (exact) mass is 272 g/mol. The predicted molar refractivity (Wildman–Crippen MR) is 51.7 cm³/mol. The molecule has 0 aromatic carbocycles. The van der Waals surface area contributed by atoms with Crippen molar-refractivity contribution in [3.63, 3.8) is 0 Å². The molecule has 0 aliphatic rings. The average Bonchev–Trinajstić information content (AvgIpc) is 0.722. The van der Waals surface area contributed by atoms with Gasteiger partial charge in [-0.05, 0) is 0 Å². The summed E-state index contributed by atoms with van der Waals surface area (Å²) in [5.74, 6) is 0. The summed E-state index contributed by atoms with van der Waals surface area (Å²) in [6, 6.07) is 0. The van der Waals surface area contributed by atoms with Gasteiger partial charge in [0, 0.05) is 0 Å². The smallest absolute Gasteiger partial charge is 1.00 e. The van der Waals surface area contributed by atoms with E-state index in [1.54, 1.807) is 0 Å². The van der Waals surface area contributed by atoms with Crippen LogP contribution in [0.15, 0.2) is 0 Å². The van der Waals surface area contributed by atoms with Crippen molar-refractivity contribution in [1.29, 1.82) is 0 Å². The molecule has 0 radical (unpaired) electrons. The molecule has 0 unspecified atom stereocenters. The molecular formula is H13AlCa3O5S. The first-order valence-electron chi connectivity index (χ1n) is 0.698. The molecule has 0 atom stereocenters. The molecule has 0 rings (SSSR count). The molecule has 0 aromatic heterocycles. The molecule has 10 heteroatoms. The van der Waals surface area contributed by atoms with Crippen LogP contribution in [0.5, 0.6) is 0 Å². The van der Waals surface area contributed by atoms with E-state index < -0.39 is 10.4 Å². The fraction of sp³-hybridized carbons (Fsp3) is 0. The number of hydrogen-bond acceptors (Lipinski definition) is 2. The standard InChI is InChI=1S/Al.3Ca.H2O4S.H2O.9H/c;;;;1-5(2,3)4;;;;;;;;;;/h;;;;(H2,1,2,3,4);1H2;;;;;;;;;/q;3*+2;;;;;;6*-1.